The number of aromatic nitrogens is 1. The molecule has 2 rings (SSSR count). The monoisotopic (exact) mass is 255 g/mol. The van der Waals surface area contributed by atoms with Crippen molar-refractivity contribution in [2.75, 3.05) is 13.1 Å². The summed E-state index contributed by atoms with van der Waals surface area (Å²) in [4.78, 5) is 25.2. The Morgan fingerprint density at radius 2 is 2.47 bits per heavy atom. The number of thiazole rings is 1. The van der Waals surface area contributed by atoms with E-state index in [1.807, 2.05) is 0 Å². The molecule has 17 heavy (non-hydrogen) atoms. The Kier molecular flexibility index (Phi) is 4.33. The Morgan fingerprint density at radius 1 is 1.59 bits per heavy atom. The SMILES string of the molecule is O=C(CC1CCCNC1)NCc1csc(=O)[nH]1. The maximum absolute atomic E-state index is 11.7. The largest absolute Gasteiger partial charge is 0.350 e. The van der Waals surface area contributed by atoms with E-state index >= 15 is 0 Å². The van der Waals surface area contributed by atoms with Crippen LogP contribution in [0.15, 0.2) is 10.2 Å². The third kappa shape index (κ3) is 3.98. The summed E-state index contributed by atoms with van der Waals surface area (Å²) in [5.74, 6) is 0.510. The van der Waals surface area contributed by atoms with Crippen molar-refractivity contribution in [3.8, 4) is 0 Å². The Hall–Kier alpha value is -1.14. The van der Waals surface area contributed by atoms with Crippen molar-refractivity contribution in [3.63, 3.8) is 0 Å². The maximum Gasteiger partial charge on any atom is 0.304 e. The zero-order valence-electron chi connectivity index (χ0n) is 9.62. The first kappa shape index (κ1) is 12.3. The number of hydrogen-bond donors (Lipinski definition) is 3. The van der Waals surface area contributed by atoms with Crippen molar-refractivity contribution in [1.29, 1.82) is 0 Å². The van der Waals surface area contributed by atoms with Crippen molar-refractivity contribution < 1.29 is 4.79 Å². The second-order valence-corrected chi connectivity index (χ2v) is 5.21. The molecule has 0 saturated carbocycles. The molecule has 0 aliphatic carbocycles. The van der Waals surface area contributed by atoms with E-state index in [0.29, 0.717) is 18.9 Å². The summed E-state index contributed by atoms with van der Waals surface area (Å²) in [6.07, 6.45) is 2.84. The highest BCUT2D eigenvalue weighted by atomic mass is 32.1. The average molecular weight is 255 g/mol. The average Bonchev–Trinajstić information content (AvgIpc) is 2.74. The van der Waals surface area contributed by atoms with Gasteiger partial charge in [-0.2, -0.15) is 0 Å². The van der Waals surface area contributed by atoms with Crippen LogP contribution < -0.4 is 15.5 Å². The van der Waals surface area contributed by atoms with Crippen molar-refractivity contribution in [2.45, 2.75) is 25.8 Å². The van der Waals surface area contributed by atoms with Crippen LogP contribution in [-0.4, -0.2) is 24.0 Å². The molecule has 1 saturated heterocycles. The van der Waals surface area contributed by atoms with Gasteiger partial charge in [0, 0.05) is 17.5 Å². The van der Waals surface area contributed by atoms with E-state index in [-0.39, 0.29) is 10.8 Å². The van der Waals surface area contributed by atoms with E-state index in [1.54, 1.807) is 5.38 Å². The van der Waals surface area contributed by atoms with Gasteiger partial charge < -0.3 is 15.6 Å². The predicted molar refractivity (Wildman–Crippen MR) is 67.0 cm³/mol. The summed E-state index contributed by atoms with van der Waals surface area (Å²) in [7, 11) is 0. The third-order valence-electron chi connectivity index (χ3n) is 2.92. The van der Waals surface area contributed by atoms with Crippen LogP contribution in [0.2, 0.25) is 0 Å². The molecular formula is C11H17N3O2S. The molecule has 2 heterocycles. The summed E-state index contributed by atoms with van der Waals surface area (Å²) < 4.78 is 0. The Morgan fingerprint density at radius 3 is 3.12 bits per heavy atom. The van der Waals surface area contributed by atoms with Gasteiger partial charge >= 0.3 is 4.87 Å². The third-order valence-corrected chi connectivity index (χ3v) is 3.64. The van der Waals surface area contributed by atoms with Crippen LogP contribution in [0.1, 0.15) is 25.0 Å². The van der Waals surface area contributed by atoms with Gasteiger partial charge in [0.2, 0.25) is 5.91 Å². The van der Waals surface area contributed by atoms with Gasteiger partial charge in [0.25, 0.3) is 0 Å². The van der Waals surface area contributed by atoms with E-state index in [0.717, 1.165) is 43.0 Å². The fourth-order valence-electron chi connectivity index (χ4n) is 2.03. The summed E-state index contributed by atoms with van der Waals surface area (Å²) in [6.45, 7) is 2.41. The van der Waals surface area contributed by atoms with Gasteiger partial charge in [-0.05, 0) is 31.8 Å². The number of piperidine rings is 1. The zero-order chi connectivity index (χ0) is 12.1. The van der Waals surface area contributed by atoms with E-state index in [9.17, 15) is 9.59 Å². The topological polar surface area (TPSA) is 74.0 Å². The summed E-state index contributed by atoms with van der Waals surface area (Å²) in [6, 6.07) is 0. The first-order valence-corrected chi connectivity index (χ1v) is 6.76. The Balaban J connectivity index is 1.71. The molecule has 0 radical (unpaired) electrons. The van der Waals surface area contributed by atoms with Crippen LogP contribution in [0.4, 0.5) is 0 Å². The van der Waals surface area contributed by atoms with E-state index in [4.69, 9.17) is 0 Å². The van der Waals surface area contributed by atoms with Crippen molar-refractivity contribution in [3.05, 3.63) is 20.7 Å². The molecule has 6 heteroatoms. The van der Waals surface area contributed by atoms with Gasteiger partial charge in [0.15, 0.2) is 0 Å². The lowest BCUT2D eigenvalue weighted by Gasteiger charge is -2.21. The van der Waals surface area contributed by atoms with Crippen molar-refractivity contribution in [2.24, 2.45) is 5.92 Å². The van der Waals surface area contributed by atoms with Crippen molar-refractivity contribution in [1.82, 2.24) is 15.6 Å². The van der Waals surface area contributed by atoms with E-state index in [1.165, 1.54) is 0 Å². The number of H-pyrrole nitrogens is 1. The number of carbonyl (C=O) groups is 1. The molecule has 5 nitrogen and oxygen atoms in total. The molecule has 1 aromatic heterocycles. The van der Waals surface area contributed by atoms with Crippen molar-refractivity contribution >= 4 is 17.2 Å². The van der Waals surface area contributed by atoms with Gasteiger partial charge in [0.05, 0.1) is 6.54 Å². The summed E-state index contributed by atoms with van der Waals surface area (Å²) in [5.41, 5.74) is 0.773. The lowest BCUT2D eigenvalue weighted by Crippen LogP contribution is -2.34. The van der Waals surface area contributed by atoms with E-state index in [2.05, 4.69) is 15.6 Å². The standard InChI is InChI=1S/C11H17N3O2S/c15-10(4-8-2-1-3-12-5-8)13-6-9-7-17-11(16)14-9/h7-8,12H,1-6H2,(H,13,15)(H,14,16). The van der Waals surface area contributed by atoms with Gasteiger partial charge in [0.1, 0.15) is 0 Å². The van der Waals surface area contributed by atoms with Crippen LogP contribution in [0.3, 0.4) is 0 Å². The highest BCUT2D eigenvalue weighted by molar-refractivity contribution is 7.07. The first-order valence-electron chi connectivity index (χ1n) is 5.88. The van der Waals surface area contributed by atoms with Crippen LogP contribution in [-0.2, 0) is 11.3 Å². The highest BCUT2D eigenvalue weighted by Crippen LogP contribution is 2.13. The number of aromatic amines is 1. The quantitative estimate of drug-likeness (QED) is 0.731. The molecule has 1 fully saturated rings. The minimum Gasteiger partial charge on any atom is -0.350 e. The fourth-order valence-corrected chi connectivity index (χ4v) is 2.61. The minimum absolute atomic E-state index is 0.0609. The first-order chi connectivity index (χ1) is 8.24. The van der Waals surface area contributed by atoms with Crippen LogP contribution in [0.5, 0.6) is 0 Å². The van der Waals surface area contributed by atoms with Crippen LogP contribution in [0, 0.1) is 5.92 Å². The summed E-state index contributed by atoms with van der Waals surface area (Å²) >= 11 is 1.12. The van der Waals surface area contributed by atoms with E-state index < -0.39 is 0 Å². The molecule has 1 aliphatic heterocycles. The molecule has 1 aliphatic rings. The van der Waals surface area contributed by atoms with Gasteiger partial charge in [-0.25, -0.2) is 0 Å². The fraction of sp³-hybridized carbons (Fsp3) is 0.636. The number of hydrogen-bond acceptors (Lipinski definition) is 4. The molecule has 1 aromatic rings. The lowest BCUT2D eigenvalue weighted by molar-refractivity contribution is -0.122. The molecular weight excluding hydrogens is 238 g/mol. The molecule has 0 bridgehead atoms. The normalized spacial score (nSPS) is 20.1. The second kappa shape index (κ2) is 5.97. The zero-order valence-corrected chi connectivity index (χ0v) is 10.4. The maximum atomic E-state index is 11.7. The molecule has 94 valence electrons. The Labute approximate surface area is 104 Å². The van der Waals surface area contributed by atoms with Crippen LogP contribution >= 0.6 is 11.3 Å². The Bertz CT molecular complexity index is 420. The van der Waals surface area contributed by atoms with Crippen LogP contribution in [0.25, 0.3) is 0 Å². The highest BCUT2D eigenvalue weighted by Gasteiger charge is 2.16. The number of rotatable bonds is 4. The molecule has 0 aromatic carbocycles. The molecule has 3 N–H and O–H groups in total. The van der Waals surface area contributed by atoms with Gasteiger partial charge in [-0.1, -0.05) is 11.3 Å². The molecule has 1 atom stereocenters. The number of amides is 1. The lowest BCUT2D eigenvalue weighted by atomic mass is 9.96. The van der Waals surface area contributed by atoms with Gasteiger partial charge in [-0.15, -0.1) is 0 Å². The summed E-state index contributed by atoms with van der Waals surface area (Å²) in [5, 5.41) is 7.86. The number of carbonyl (C=O) groups excluding carboxylic acids is 1. The number of nitrogens with one attached hydrogen (secondary N) is 3. The predicted octanol–water partition coefficient (Wildman–Crippen LogP) is 0.442. The minimum atomic E-state index is -0.0780. The van der Waals surface area contributed by atoms with Gasteiger partial charge in [-0.3, -0.25) is 9.59 Å². The molecule has 1 amide bonds. The molecule has 0 spiro atoms. The molecule has 1 unspecified atom stereocenters. The smallest absolute Gasteiger partial charge is 0.304 e. The second-order valence-electron chi connectivity index (χ2n) is 4.37.